The molecule has 0 unspecified atom stereocenters. The Balaban J connectivity index is 2.41. The Bertz CT molecular complexity index is 404. The van der Waals surface area contributed by atoms with Crippen LogP contribution in [0.5, 0.6) is 0 Å². The van der Waals surface area contributed by atoms with Crippen molar-refractivity contribution in [3.05, 3.63) is 11.9 Å². The highest BCUT2D eigenvalue weighted by atomic mass is 16.3. The minimum Gasteiger partial charge on any atom is -0.383 e. The maximum Gasteiger partial charge on any atom is 0.109 e. The van der Waals surface area contributed by atoms with Gasteiger partial charge in [0, 0.05) is 7.05 Å². The van der Waals surface area contributed by atoms with Crippen molar-refractivity contribution in [2.24, 2.45) is 17.9 Å². The van der Waals surface area contributed by atoms with E-state index in [4.69, 9.17) is 0 Å². The van der Waals surface area contributed by atoms with E-state index in [0.717, 1.165) is 25.0 Å². The molecular formula is C13H23N3O. The number of hydrogen-bond donors (Lipinski definition) is 1. The van der Waals surface area contributed by atoms with Gasteiger partial charge >= 0.3 is 0 Å². The zero-order chi connectivity index (χ0) is 12.9. The smallest absolute Gasteiger partial charge is 0.109 e. The second-order valence-corrected chi connectivity index (χ2v) is 7.13. The lowest BCUT2D eigenvalue weighted by Gasteiger charge is -2.49. The average molecular weight is 237 g/mol. The maximum atomic E-state index is 11.0. The van der Waals surface area contributed by atoms with Gasteiger partial charge in [-0.25, -0.2) is 4.68 Å². The fourth-order valence-corrected chi connectivity index (χ4v) is 3.96. The van der Waals surface area contributed by atoms with Gasteiger partial charge in [0.05, 0.1) is 11.9 Å². The molecule has 0 bridgehead atoms. The minimum atomic E-state index is -0.802. The van der Waals surface area contributed by atoms with Crippen LogP contribution < -0.4 is 0 Å². The first-order valence-electron chi connectivity index (χ1n) is 6.21. The quantitative estimate of drug-likeness (QED) is 0.815. The van der Waals surface area contributed by atoms with E-state index in [1.165, 1.54) is 0 Å². The standard InChI is InChI=1S/C13H23N3O/c1-11(2)7-12(3,4)9-13(17,8-11)10-6-14-15-16(10)5/h6,17H,7-9H2,1-5H3. The Kier molecular flexibility index (Phi) is 2.62. The highest BCUT2D eigenvalue weighted by molar-refractivity contribution is 5.13. The molecule has 0 aliphatic heterocycles. The number of hydrogen-bond acceptors (Lipinski definition) is 3. The molecule has 0 spiro atoms. The Morgan fingerprint density at radius 2 is 1.65 bits per heavy atom. The second-order valence-electron chi connectivity index (χ2n) is 7.13. The third-order valence-electron chi connectivity index (χ3n) is 3.69. The Morgan fingerprint density at radius 1 is 1.12 bits per heavy atom. The molecule has 1 aromatic heterocycles. The molecule has 0 amide bonds. The summed E-state index contributed by atoms with van der Waals surface area (Å²) in [6, 6.07) is 0. The summed E-state index contributed by atoms with van der Waals surface area (Å²) in [6.45, 7) is 8.90. The summed E-state index contributed by atoms with van der Waals surface area (Å²) in [6.07, 6.45) is 4.36. The summed E-state index contributed by atoms with van der Waals surface area (Å²) in [5.41, 5.74) is 0.309. The molecule has 96 valence electrons. The van der Waals surface area contributed by atoms with Crippen LogP contribution in [0.25, 0.3) is 0 Å². The Morgan fingerprint density at radius 3 is 2.06 bits per heavy atom. The van der Waals surface area contributed by atoms with E-state index in [2.05, 4.69) is 38.0 Å². The van der Waals surface area contributed by atoms with Crippen molar-refractivity contribution in [1.82, 2.24) is 15.0 Å². The third kappa shape index (κ3) is 2.37. The van der Waals surface area contributed by atoms with Crippen LogP contribution in [0.15, 0.2) is 6.20 Å². The number of aliphatic hydroxyl groups is 1. The van der Waals surface area contributed by atoms with Crippen LogP contribution in [0, 0.1) is 10.8 Å². The van der Waals surface area contributed by atoms with Crippen molar-refractivity contribution in [2.75, 3.05) is 0 Å². The lowest BCUT2D eigenvalue weighted by atomic mass is 9.59. The highest BCUT2D eigenvalue weighted by Gasteiger charge is 2.48. The summed E-state index contributed by atoms with van der Waals surface area (Å²) in [7, 11) is 1.84. The predicted octanol–water partition coefficient (Wildman–Crippen LogP) is 2.24. The summed E-state index contributed by atoms with van der Waals surface area (Å²) in [5, 5.41) is 18.8. The van der Waals surface area contributed by atoms with Crippen LogP contribution in [0.3, 0.4) is 0 Å². The highest BCUT2D eigenvalue weighted by Crippen LogP contribution is 2.53. The molecule has 0 aromatic carbocycles. The molecule has 1 N–H and O–H groups in total. The molecule has 17 heavy (non-hydrogen) atoms. The zero-order valence-electron chi connectivity index (χ0n) is 11.5. The lowest BCUT2D eigenvalue weighted by Crippen LogP contribution is -2.45. The Hall–Kier alpha value is -0.900. The average Bonchev–Trinajstić information content (AvgIpc) is 2.44. The molecule has 1 fully saturated rings. The first kappa shape index (κ1) is 12.6. The van der Waals surface area contributed by atoms with Gasteiger partial charge in [-0.2, -0.15) is 0 Å². The number of aromatic nitrogens is 3. The van der Waals surface area contributed by atoms with Gasteiger partial charge in [0.15, 0.2) is 0 Å². The van der Waals surface area contributed by atoms with Gasteiger partial charge in [-0.05, 0) is 30.1 Å². The van der Waals surface area contributed by atoms with Gasteiger partial charge in [-0.3, -0.25) is 0 Å². The van der Waals surface area contributed by atoms with Gasteiger partial charge in [0.25, 0.3) is 0 Å². The van der Waals surface area contributed by atoms with E-state index in [1.807, 2.05) is 7.05 Å². The molecule has 1 aliphatic rings. The van der Waals surface area contributed by atoms with Gasteiger partial charge in [0.1, 0.15) is 5.60 Å². The van der Waals surface area contributed by atoms with Crippen molar-refractivity contribution in [3.63, 3.8) is 0 Å². The Labute approximate surface area is 103 Å². The summed E-state index contributed by atoms with van der Waals surface area (Å²) in [4.78, 5) is 0. The molecule has 1 aliphatic carbocycles. The van der Waals surface area contributed by atoms with E-state index in [1.54, 1.807) is 10.9 Å². The van der Waals surface area contributed by atoms with Crippen LogP contribution in [0.1, 0.15) is 52.7 Å². The summed E-state index contributed by atoms with van der Waals surface area (Å²) in [5.74, 6) is 0. The van der Waals surface area contributed by atoms with Crippen molar-refractivity contribution in [3.8, 4) is 0 Å². The van der Waals surface area contributed by atoms with Crippen LogP contribution in [0.4, 0.5) is 0 Å². The molecule has 1 heterocycles. The molecule has 2 rings (SSSR count). The molecule has 0 saturated heterocycles. The maximum absolute atomic E-state index is 11.0. The predicted molar refractivity (Wildman–Crippen MR) is 66.3 cm³/mol. The van der Waals surface area contributed by atoms with Crippen molar-refractivity contribution >= 4 is 0 Å². The largest absolute Gasteiger partial charge is 0.383 e. The van der Waals surface area contributed by atoms with Gasteiger partial charge < -0.3 is 5.11 Å². The van der Waals surface area contributed by atoms with Crippen molar-refractivity contribution in [2.45, 2.75) is 52.6 Å². The van der Waals surface area contributed by atoms with Crippen molar-refractivity contribution in [1.29, 1.82) is 0 Å². The van der Waals surface area contributed by atoms with Crippen molar-refractivity contribution < 1.29 is 5.11 Å². The first-order chi connectivity index (χ1) is 7.64. The van der Waals surface area contributed by atoms with E-state index >= 15 is 0 Å². The first-order valence-corrected chi connectivity index (χ1v) is 6.21. The van der Waals surface area contributed by atoms with E-state index in [0.29, 0.717) is 0 Å². The van der Waals surface area contributed by atoms with Gasteiger partial charge in [0.2, 0.25) is 0 Å². The van der Waals surface area contributed by atoms with Crippen LogP contribution >= 0.6 is 0 Å². The van der Waals surface area contributed by atoms with E-state index in [9.17, 15) is 5.11 Å². The lowest BCUT2D eigenvalue weighted by molar-refractivity contribution is -0.0959. The van der Waals surface area contributed by atoms with Gasteiger partial charge in [-0.15, -0.1) is 5.10 Å². The van der Waals surface area contributed by atoms with Crippen LogP contribution in [-0.2, 0) is 12.6 Å². The monoisotopic (exact) mass is 237 g/mol. The van der Waals surface area contributed by atoms with E-state index < -0.39 is 5.60 Å². The van der Waals surface area contributed by atoms with Crippen LogP contribution in [-0.4, -0.2) is 20.1 Å². The number of aryl methyl sites for hydroxylation is 1. The zero-order valence-corrected chi connectivity index (χ0v) is 11.5. The number of rotatable bonds is 1. The third-order valence-corrected chi connectivity index (χ3v) is 3.69. The normalized spacial score (nSPS) is 25.8. The SMILES string of the molecule is Cn1nncc1C1(O)CC(C)(C)CC(C)(C)C1. The molecule has 0 radical (unpaired) electrons. The van der Waals surface area contributed by atoms with Gasteiger partial charge in [-0.1, -0.05) is 32.9 Å². The molecule has 1 saturated carbocycles. The number of nitrogens with zero attached hydrogens (tertiary/aromatic N) is 3. The summed E-state index contributed by atoms with van der Waals surface area (Å²) < 4.78 is 1.69. The molecule has 4 nitrogen and oxygen atoms in total. The molecule has 1 aromatic rings. The van der Waals surface area contributed by atoms with Crippen LogP contribution in [0.2, 0.25) is 0 Å². The fourth-order valence-electron chi connectivity index (χ4n) is 3.96. The fraction of sp³-hybridized carbons (Fsp3) is 0.846. The second kappa shape index (κ2) is 3.55. The molecule has 0 atom stereocenters. The minimum absolute atomic E-state index is 0.140. The summed E-state index contributed by atoms with van der Waals surface area (Å²) >= 11 is 0. The van der Waals surface area contributed by atoms with E-state index in [-0.39, 0.29) is 10.8 Å². The molecular weight excluding hydrogens is 214 g/mol. The molecule has 4 heteroatoms. The topological polar surface area (TPSA) is 50.9 Å².